The third kappa shape index (κ3) is 2.40. The molecule has 0 fully saturated rings. The highest BCUT2D eigenvalue weighted by Gasteiger charge is 2.17. The summed E-state index contributed by atoms with van der Waals surface area (Å²) in [5.74, 6) is 1.22. The van der Waals surface area contributed by atoms with Gasteiger partial charge in [0.15, 0.2) is 11.5 Å². The number of carbonyl (C=O) groups excluding carboxylic acids is 1. The van der Waals surface area contributed by atoms with Gasteiger partial charge < -0.3 is 19.8 Å². The van der Waals surface area contributed by atoms with Crippen LogP contribution in [0.15, 0.2) is 42.5 Å². The summed E-state index contributed by atoms with van der Waals surface area (Å²) < 4.78 is 11.0. The number of nitrogens with one attached hydrogen (secondary N) is 2. The summed E-state index contributed by atoms with van der Waals surface area (Å²) in [4.78, 5) is 15.9. The molecule has 4 rings (SSSR count). The lowest BCUT2D eigenvalue weighted by molar-refractivity contribution is 0.102. The quantitative estimate of drug-likeness (QED) is 0.761. The van der Waals surface area contributed by atoms with Crippen LogP contribution in [0.1, 0.15) is 16.1 Å². The topological polar surface area (TPSA) is 63.4 Å². The first-order chi connectivity index (χ1) is 11.2. The van der Waals surface area contributed by atoms with Gasteiger partial charge in [0, 0.05) is 28.4 Å². The van der Waals surface area contributed by atoms with Crippen molar-refractivity contribution >= 4 is 22.5 Å². The number of hydrogen-bond donors (Lipinski definition) is 2. The molecule has 116 valence electrons. The molecule has 0 aliphatic carbocycles. The molecule has 1 aromatic heterocycles. The Kier molecular flexibility index (Phi) is 3.19. The molecule has 5 nitrogen and oxygen atoms in total. The van der Waals surface area contributed by atoms with Crippen LogP contribution in [0, 0.1) is 6.92 Å². The van der Waals surface area contributed by atoms with Crippen molar-refractivity contribution in [3.05, 3.63) is 53.7 Å². The highest BCUT2D eigenvalue weighted by Crippen LogP contribution is 2.33. The summed E-state index contributed by atoms with van der Waals surface area (Å²) in [6.07, 6.45) is 0. The number of aromatic amines is 1. The summed E-state index contributed by atoms with van der Waals surface area (Å²) in [6, 6.07) is 13.2. The van der Waals surface area contributed by atoms with Crippen molar-refractivity contribution in [1.29, 1.82) is 0 Å². The van der Waals surface area contributed by atoms with Crippen LogP contribution >= 0.6 is 0 Å². The van der Waals surface area contributed by atoms with Gasteiger partial charge in [0.2, 0.25) is 0 Å². The third-order valence-corrected chi connectivity index (χ3v) is 3.92. The highest BCUT2D eigenvalue weighted by atomic mass is 16.6. The fourth-order valence-corrected chi connectivity index (χ4v) is 2.88. The highest BCUT2D eigenvalue weighted by molar-refractivity contribution is 6.14. The average Bonchev–Trinajstić information content (AvgIpc) is 2.90. The van der Waals surface area contributed by atoms with Gasteiger partial charge in [0.05, 0.1) is 5.56 Å². The molecule has 2 heterocycles. The Bertz CT molecular complexity index is 898. The second-order valence-corrected chi connectivity index (χ2v) is 5.48. The standard InChI is InChI=1S/C18H16N2O3/c1-11-17(13-4-2-3-5-14(13)19-11)18(21)20-12-6-7-15-16(10-12)23-9-8-22-15/h2-7,10,19H,8-9H2,1H3,(H,20,21). The van der Waals surface area contributed by atoms with Crippen molar-refractivity contribution in [3.8, 4) is 11.5 Å². The minimum atomic E-state index is -0.142. The lowest BCUT2D eigenvalue weighted by atomic mass is 10.1. The molecule has 5 heteroatoms. The van der Waals surface area contributed by atoms with E-state index in [2.05, 4.69) is 10.3 Å². The fourth-order valence-electron chi connectivity index (χ4n) is 2.88. The van der Waals surface area contributed by atoms with Crippen LogP contribution in [-0.4, -0.2) is 24.1 Å². The number of hydrogen-bond acceptors (Lipinski definition) is 3. The maximum Gasteiger partial charge on any atom is 0.258 e. The molecule has 0 saturated heterocycles. The molecular weight excluding hydrogens is 292 g/mol. The Morgan fingerprint density at radius 2 is 1.87 bits per heavy atom. The van der Waals surface area contributed by atoms with Crippen molar-refractivity contribution < 1.29 is 14.3 Å². The summed E-state index contributed by atoms with van der Waals surface area (Å²) in [7, 11) is 0. The lowest BCUT2D eigenvalue weighted by Crippen LogP contribution is -2.16. The molecule has 2 N–H and O–H groups in total. The van der Waals surface area contributed by atoms with Crippen molar-refractivity contribution in [3.63, 3.8) is 0 Å². The Balaban J connectivity index is 1.66. The largest absolute Gasteiger partial charge is 0.486 e. The number of amides is 1. The van der Waals surface area contributed by atoms with Gasteiger partial charge in [-0.3, -0.25) is 4.79 Å². The van der Waals surface area contributed by atoms with E-state index in [4.69, 9.17) is 9.47 Å². The van der Waals surface area contributed by atoms with Gasteiger partial charge in [0.25, 0.3) is 5.91 Å². The monoisotopic (exact) mass is 308 g/mol. The molecular formula is C18H16N2O3. The van der Waals surface area contributed by atoms with E-state index in [1.54, 1.807) is 6.07 Å². The second-order valence-electron chi connectivity index (χ2n) is 5.48. The van der Waals surface area contributed by atoms with Crippen molar-refractivity contribution in [2.24, 2.45) is 0 Å². The van der Waals surface area contributed by atoms with Crippen molar-refractivity contribution in [2.75, 3.05) is 18.5 Å². The van der Waals surface area contributed by atoms with Gasteiger partial charge in [-0.2, -0.15) is 0 Å². The van der Waals surface area contributed by atoms with E-state index in [1.807, 2.05) is 43.3 Å². The summed E-state index contributed by atoms with van der Waals surface area (Å²) >= 11 is 0. The molecule has 0 unspecified atom stereocenters. The lowest BCUT2D eigenvalue weighted by Gasteiger charge is -2.19. The molecule has 0 bridgehead atoms. The Morgan fingerprint density at radius 1 is 1.09 bits per heavy atom. The van der Waals surface area contributed by atoms with Crippen LogP contribution in [0.2, 0.25) is 0 Å². The molecule has 1 aliphatic heterocycles. The van der Waals surface area contributed by atoms with E-state index in [0.717, 1.165) is 16.6 Å². The Labute approximate surface area is 133 Å². The molecule has 1 aliphatic rings. The molecule has 2 aromatic carbocycles. The fraction of sp³-hybridized carbons (Fsp3) is 0.167. The van der Waals surface area contributed by atoms with Crippen molar-refractivity contribution in [2.45, 2.75) is 6.92 Å². The molecule has 0 radical (unpaired) electrons. The molecule has 0 atom stereocenters. The van der Waals surface area contributed by atoms with Crippen LogP contribution in [0.25, 0.3) is 10.9 Å². The first kappa shape index (κ1) is 13.7. The van der Waals surface area contributed by atoms with E-state index >= 15 is 0 Å². The van der Waals surface area contributed by atoms with E-state index in [0.29, 0.717) is 36.0 Å². The minimum Gasteiger partial charge on any atom is -0.486 e. The summed E-state index contributed by atoms with van der Waals surface area (Å²) in [6.45, 7) is 2.97. The number of benzene rings is 2. The number of anilines is 1. The Morgan fingerprint density at radius 3 is 2.74 bits per heavy atom. The zero-order chi connectivity index (χ0) is 15.8. The molecule has 0 spiro atoms. The van der Waals surface area contributed by atoms with Crippen molar-refractivity contribution in [1.82, 2.24) is 4.98 Å². The zero-order valence-corrected chi connectivity index (χ0v) is 12.7. The van der Waals surface area contributed by atoms with Crippen LogP contribution in [0.4, 0.5) is 5.69 Å². The normalized spacial score (nSPS) is 13.1. The number of aryl methyl sites for hydroxylation is 1. The number of ether oxygens (including phenoxy) is 2. The molecule has 0 saturated carbocycles. The smallest absolute Gasteiger partial charge is 0.258 e. The predicted molar refractivity (Wildman–Crippen MR) is 88.4 cm³/mol. The maximum absolute atomic E-state index is 12.7. The number of aromatic nitrogens is 1. The summed E-state index contributed by atoms with van der Waals surface area (Å²) in [5, 5.41) is 3.85. The number of H-pyrrole nitrogens is 1. The van der Waals surface area contributed by atoms with Gasteiger partial charge in [-0.05, 0) is 25.1 Å². The minimum absolute atomic E-state index is 0.142. The van der Waals surface area contributed by atoms with Gasteiger partial charge in [-0.25, -0.2) is 0 Å². The second kappa shape index (κ2) is 5.35. The third-order valence-electron chi connectivity index (χ3n) is 3.92. The van der Waals surface area contributed by atoms with E-state index < -0.39 is 0 Å². The maximum atomic E-state index is 12.7. The first-order valence-corrected chi connectivity index (χ1v) is 7.51. The van der Waals surface area contributed by atoms with Gasteiger partial charge in [-0.15, -0.1) is 0 Å². The zero-order valence-electron chi connectivity index (χ0n) is 12.7. The first-order valence-electron chi connectivity index (χ1n) is 7.51. The van der Waals surface area contributed by atoms with Gasteiger partial charge in [0.1, 0.15) is 13.2 Å². The number of carbonyl (C=O) groups is 1. The molecule has 3 aromatic rings. The number of rotatable bonds is 2. The van der Waals surface area contributed by atoms with E-state index in [9.17, 15) is 4.79 Å². The van der Waals surface area contributed by atoms with Crippen LogP contribution < -0.4 is 14.8 Å². The molecule has 1 amide bonds. The van der Waals surface area contributed by atoms with Gasteiger partial charge >= 0.3 is 0 Å². The average molecular weight is 308 g/mol. The van der Waals surface area contributed by atoms with Crippen LogP contribution in [-0.2, 0) is 0 Å². The van der Waals surface area contributed by atoms with E-state index in [-0.39, 0.29) is 5.91 Å². The van der Waals surface area contributed by atoms with Gasteiger partial charge in [-0.1, -0.05) is 18.2 Å². The van der Waals surface area contributed by atoms with Crippen LogP contribution in [0.3, 0.4) is 0 Å². The molecule has 23 heavy (non-hydrogen) atoms. The van der Waals surface area contributed by atoms with E-state index in [1.165, 1.54) is 0 Å². The number of fused-ring (bicyclic) bond motifs is 2. The Hall–Kier alpha value is -2.95. The number of para-hydroxylation sites is 1. The predicted octanol–water partition coefficient (Wildman–Crippen LogP) is 3.50. The summed E-state index contributed by atoms with van der Waals surface area (Å²) in [5.41, 5.74) is 3.15. The van der Waals surface area contributed by atoms with Crippen LogP contribution in [0.5, 0.6) is 11.5 Å². The SMILES string of the molecule is Cc1[nH]c2ccccc2c1C(=O)Nc1ccc2c(c1)OCCO2.